The van der Waals surface area contributed by atoms with Crippen molar-refractivity contribution in [2.75, 3.05) is 20.2 Å². The molecule has 0 unspecified atom stereocenters. The summed E-state index contributed by atoms with van der Waals surface area (Å²) in [6.45, 7) is 22.1. The van der Waals surface area contributed by atoms with Gasteiger partial charge in [0.15, 0.2) is 11.6 Å². The fourth-order valence-electron chi connectivity index (χ4n) is 16.7. The van der Waals surface area contributed by atoms with Crippen LogP contribution >= 0.6 is 0 Å². The minimum absolute atomic E-state index is 0.0145. The number of ketones is 2. The predicted octanol–water partition coefficient (Wildman–Crippen LogP) is 12.9. The molecule has 12 rings (SSSR count). The van der Waals surface area contributed by atoms with Crippen LogP contribution in [0.5, 0.6) is 17.6 Å². The average Bonchev–Trinajstić information content (AvgIpc) is 1.57. The third-order valence-corrected chi connectivity index (χ3v) is 28.4. The Morgan fingerprint density at radius 1 is 0.591 bits per heavy atom. The molecule has 110 heavy (non-hydrogen) atoms. The molecule has 600 valence electrons. The Morgan fingerprint density at radius 3 is 1.42 bits per heavy atom. The van der Waals surface area contributed by atoms with Crippen LogP contribution in [-0.4, -0.2) is 149 Å². The Hall–Kier alpha value is -7.94. The highest BCUT2D eigenvalue weighted by Crippen LogP contribution is 2.59. The van der Waals surface area contributed by atoms with Gasteiger partial charge in [-0.15, -0.1) is 0 Å². The molecule has 4 amide bonds. The first kappa shape index (κ1) is 83.0. The second-order valence-corrected chi connectivity index (χ2v) is 39.5. The van der Waals surface area contributed by atoms with Gasteiger partial charge in [0.1, 0.15) is 35.0 Å². The molecule has 4 saturated carbocycles. The summed E-state index contributed by atoms with van der Waals surface area (Å²) in [6.07, 6.45) is 15.2. The van der Waals surface area contributed by atoms with E-state index in [1.54, 1.807) is 79.7 Å². The lowest BCUT2D eigenvalue weighted by molar-refractivity contribution is -0.160. The van der Waals surface area contributed by atoms with Crippen LogP contribution in [0, 0.1) is 69.8 Å². The number of esters is 2. The number of fused-ring (bicyclic) bond motifs is 6. The average molecular weight is 1570 g/mol. The molecule has 2 aromatic carbocycles. The van der Waals surface area contributed by atoms with Crippen LogP contribution in [0.4, 0.5) is 8.78 Å². The molecule has 2 aromatic heterocycles. The summed E-state index contributed by atoms with van der Waals surface area (Å²) in [5, 5.41) is 2.14. The number of aromatic nitrogens is 2. The van der Waals surface area contributed by atoms with Crippen molar-refractivity contribution in [2.24, 2.45) is 58.2 Å². The van der Waals surface area contributed by atoms with Gasteiger partial charge in [-0.3, -0.25) is 47.8 Å². The fraction of sp³-hybridized carbons (Fsp3) is 0.639. The number of carbonyl (C=O) groups excluding carboxylic acids is 8. The summed E-state index contributed by atoms with van der Waals surface area (Å²) in [4.78, 5) is 126. The Labute approximate surface area is 645 Å². The molecule has 2 N–H and O–H groups in total. The van der Waals surface area contributed by atoms with Gasteiger partial charge in [0, 0.05) is 48.7 Å². The topological polar surface area (TPSA) is 307 Å². The number of allylic oxidation sites excluding steroid dienone is 4. The van der Waals surface area contributed by atoms with Crippen molar-refractivity contribution >= 4 is 88.7 Å². The number of pyridine rings is 2. The minimum atomic E-state index is -3.98. The van der Waals surface area contributed by atoms with Gasteiger partial charge in [-0.1, -0.05) is 64.8 Å². The van der Waals surface area contributed by atoms with Crippen molar-refractivity contribution in [3.63, 3.8) is 0 Å². The van der Waals surface area contributed by atoms with Crippen LogP contribution < -0.4 is 23.7 Å². The minimum Gasteiger partial charge on any atom is -0.481 e. The second kappa shape index (κ2) is 32.3. The molecule has 0 bridgehead atoms. The van der Waals surface area contributed by atoms with Gasteiger partial charge in [-0.25, -0.2) is 30.6 Å². The van der Waals surface area contributed by atoms with E-state index < -0.39 is 129 Å². The van der Waals surface area contributed by atoms with Crippen molar-refractivity contribution < 1.29 is 87.7 Å². The van der Waals surface area contributed by atoms with Gasteiger partial charge < -0.3 is 33.5 Å². The molecular formula is C83H110F2N6O17S2. The largest absolute Gasteiger partial charge is 0.481 e. The molecule has 6 heterocycles. The van der Waals surface area contributed by atoms with E-state index in [-0.39, 0.29) is 122 Å². The number of benzene rings is 2. The van der Waals surface area contributed by atoms with Crippen molar-refractivity contribution in [1.29, 1.82) is 0 Å². The molecule has 0 radical (unpaired) electrons. The predicted molar refractivity (Wildman–Crippen MR) is 409 cm³/mol. The van der Waals surface area contributed by atoms with Crippen LogP contribution in [0.15, 0.2) is 79.0 Å². The number of sulfonamides is 2. The number of hydrogen-bond donors (Lipinski definition) is 2. The number of rotatable bonds is 17. The number of nitrogens with zero attached hydrogens (tertiary/aromatic N) is 4. The summed E-state index contributed by atoms with van der Waals surface area (Å²) in [5.41, 5.74) is -4.13. The lowest BCUT2D eigenvalue weighted by Crippen LogP contribution is -2.48. The highest BCUT2D eigenvalue weighted by atomic mass is 32.2. The molecule has 4 aliphatic carbocycles. The molecule has 27 heteroatoms. The molecule has 14 atom stereocenters. The summed E-state index contributed by atoms with van der Waals surface area (Å²) >= 11 is 0. The number of methoxy groups -OCH3 is 1. The fourth-order valence-corrected chi connectivity index (χ4v) is 19.4. The maximum atomic E-state index is 15.0. The van der Waals surface area contributed by atoms with E-state index in [0.717, 1.165) is 12.8 Å². The van der Waals surface area contributed by atoms with E-state index in [9.17, 15) is 59.2 Å². The Kier molecular flexibility index (Phi) is 24.4. The summed E-state index contributed by atoms with van der Waals surface area (Å²) < 4.78 is 113. The van der Waals surface area contributed by atoms with Crippen LogP contribution in [0.2, 0.25) is 0 Å². The van der Waals surface area contributed by atoms with Gasteiger partial charge in [-0.05, 0) is 221 Å². The SMILES string of the molecule is CC[C@@H]1C[C@@H](C)CC/C=C\[C@@H]2C[C@@]2(C(=O)NS(=O)(=O)C2(C)CC2)CC(=O)[C@@H]2C[C@@H](Oc3nc(OC)cc4cc(F)ccc34)CN2C(=O)[C@H]1CC(=O)OC(C)(C)C.CC[C@@H]1C[C@H](C)CC/C=C\[C@@H]2C[C@@]2(C(=O)NS(=O)(=O)C2(C)CC2)CC(=O)[C@@H]2C[C@@H](Oc3nccc4cc(F)ccc34)CN2C(=O)[C@H]1CC(=O)OC(C)(C)C. The van der Waals surface area contributed by atoms with E-state index in [1.165, 1.54) is 47.4 Å². The van der Waals surface area contributed by atoms with E-state index in [1.807, 2.05) is 38.2 Å². The van der Waals surface area contributed by atoms with Crippen LogP contribution in [-0.2, 0) is 67.9 Å². The van der Waals surface area contributed by atoms with Crippen molar-refractivity contribution in [1.82, 2.24) is 29.2 Å². The lowest BCUT2D eigenvalue weighted by Gasteiger charge is -2.33. The zero-order valence-electron chi connectivity index (χ0n) is 65.8. The summed E-state index contributed by atoms with van der Waals surface area (Å²) in [7, 11) is -6.51. The molecule has 23 nitrogen and oxygen atoms in total. The first-order valence-electron chi connectivity index (χ1n) is 39.2. The number of hydrogen-bond acceptors (Lipinski definition) is 19. The van der Waals surface area contributed by atoms with Crippen molar-refractivity contribution in [2.45, 2.75) is 256 Å². The van der Waals surface area contributed by atoms with Gasteiger partial charge in [-0.2, -0.15) is 4.98 Å². The van der Waals surface area contributed by atoms with E-state index in [4.69, 9.17) is 23.7 Å². The lowest BCUT2D eigenvalue weighted by atomic mass is 9.79. The standard InChI is InChI=1S/C42H56FN3O9S.C41H54FN3O8S/c1-8-26-17-25(2)11-9-10-12-28-22-42(28,39(50)45-56(51,52)41(6)15-16-41)23-34(47)33-20-30(24-46(33)38(49)32(26)21-36(48)55-40(3,4)5)54-37-31-14-13-29(43)18-27(31)19-35(44-37)53-7;1-7-26-18-25(2)10-8-9-11-28-22-41(28,38(49)44-54(50,51)40(6)15-16-40)23-34(46)33-20-30(52-36-31-13-12-29(42)19-27(31)14-17-43-36)24-45(33)37(48)32(26)21-35(47)53-39(3,4)5/h10,12-14,18-19,25-26,28,30,32-33H,8-9,11,15-17,20-24H2,1-7H3,(H,45,50);9,11-14,17,19,25-26,28,30,32-33H,7-8,10,15-16,18,20-24H2,1-6H3,(H,44,49)/b12-10-;11-9-/t25-,26+,28+,30+,32-,33-,42+;25-,26-,28-,30-,32+,33+,41-/m01/s1. The molecule has 8 aliphatic rings. The number of carbonyl (C=O) groups is 8. The molecule has 2 saturated heterocycles. The first-order valence-corrected chi connectivity index (χ1v) is 42.2. The highest BCUT2D eigenvalue weighted by molar-refractivity contribution is 7.92. The van der Waals surface area contributed by atoms with Gasteiger partial charge in [0.25, 0.3) is 0 Å². The number of halogens is 2. The summed E-state index contributed by atoms with van der Waals surface area (Å²) in [5.74, 6) is -6.54. The third-order valence-electron chi connectivity index (χ3n) is 24.1. The second-order valence-electron chi connectivity index (χ2n) is 35.1. The van der Waals surface area contributed by atoms with Crippen molar-refractivity contribution in [3.05, 3.63) is 90.7 Å². The highest BCUT2D eigenvalue weighted by Gasteiger charge is 2.65. The monoisotopic (exact) mass is 1560 g/mol. The van der Waals surface area contributed by atoms with Gasteiger partial charge in [0.05, 0.1) is 77.3 Å². The van der Waals surface area contributed by atoms with Gasteiger partial charge >= 0.3 is 11.9 Å². The quantitative estimate of drug-likeness (QED) is 0.0733. The Bertz CT molecular complexity index is 4510. The maximum absolute atomic E-state index is 15.0. The zero-order valence-corrected chi connectivity index (χ0v) is 67.4. The number of amides is 4. The smallest absolute Gasteiger partial charge is 0.307 e. The maximum Gasteiger partial charge on any atom is 0.307 e. The van der Waals surface area contributed by atoms with Crippen LogP contribution in [0.3, 0.4) is 0 Å². The number of nitrogens with one attached hydrogen (secondary N) is 2. The zero-order chi connectivity index (χ0) is 80.0. The van der Waals surface area contributed by atoms with E-state index in [0.29, 0.717) is 98.6 Å². The van der Waals surface area contributed by atoms with Crippen LogP contribution in [0.25, 0.3) is 21.5 Å². The summed E-state index contributed by atoms with van der Waals surface area (Å²) in [6, 6.07) is 9.61. The first-order chi connectivity index (χ1) is 51.6. The number of Topliss-reactive ketones (excluding diaryl/α,β-unsaturated/α-hetero) is 2. The Morgan fingerprint density at radius 2 is 1.01 bits per heavy atom. The molecular weight excluding hydrogens is 1460 g/mol. The van der Waals surface area contributed by atoms with E-state index >= 15 is 4.79 Å². The molecule has 4 aromatic rings. The Balaban J connectivity index is 0.000000218. The third kappa shape index (κ3) is 18.9. The van der Waals surface area contributed by atoms with E-state index in [2.05, 4.69) is 33.3 Å². The number of ether oxygens (including phenoxy) is 5. The molecule has 6 fully saturated rings. The van der Waals surface area contributed by atoms with Crippen molar-refractivity contribution in [3.8, 4) is 17.6 Å². The molecule has 0 spiro atoms. The normalized spacial score (nSPS) is 30.3. The molecule has 4 aliphatic heterocycles. The van der Waals surface area contributed by atoms with Gasteiger partial charge in [0.2, 0.25) is 61.3 Å². The van der Waals surface area contributed by atoms with Crippen LogP contribution in [0.1, 0.15) is 212 Å².